The van der Waals surface area contributed by atoms with Gasteiger partial charge in [0.15, 0.2) is 0 Å². The Hall–Kier alpha value is -2.09. The van der Waals surface area contributed by atoms with Gasteiger partial charge in [-0.25, -0.2) is 8.78 Å². The van der Waals surface area contributed by atoms with E-state index in [1.807, 2.05) is 19.6 Å². The monoisotopic (exact) mass is 378 g/mol. The lowest BCUT2D eigenvalue weighted by Gasteiger charge is -2.19. The van der Waals surface area contributed by atoms with E-state index >= 15 is 0 Å². The molecule has 7 heteroatoms. The quantitative estimate of drug-likeness (QED) is 0.758. The molecule has 2 aromatic rings. The number of anilines is 1. The third kappa shape index (κ3) is 4.75. The minimum absolute atomic E-state index is 0.207. The van der Waals surface area contributed by atoms with Crippen LogP contribution in [0.2, 0.25) is 19.6 Å². The third-order valence-electron chi connectivity index (χ3n) is 4.05. The van der Waals surface area contributed by atoms with Gasteiger partial charge >= 0.3 is 0 Å². The van der Waals surface area contributed by atoms with Gasteiger partial charge in [0.2, 0.25) is 5.91 Å². The van der Waals surface area contributed by atoms with Crippen LogP contribution in [0.5, 0.6) is 0 Å². The number of benzene rings is 2. The van der Waals surface area contributed by atoms with Gasteiger partial charge in [-0.3, -0.25) is 4.79 Å². The molecule has 3 N–H and O–H groups in total. The molecule has 2 aromatic carbocycles. The fourth-order valence-electron chi connectivity index (χ4n) is 2.57. The molecule has 0 spiro atoms. The molecule has 26 heavy (non-hydrogen) atoms. The summed E-state index contributed by atoms with van der Waals surface area (Å²) >= 11 is 0. The fraction of sp³-hybridized carbons (Fsp3) is 0.316. The predicted octanol–water partition coefficient (Wildman–Crippen LogP) is 3.29. The summed E-state index contributed by atoms with van der Waals surface area (Å²) in [4.78, 5) is 12.3. The number of rotatable bonds is 6. The number of carbonyl (C=O) groups is 1. The van der Waals surface area contributed by atoms with Gasteiger partial charge in [-0.15, -0.1) is 0 Å². The molecule has 0 saturated carbocycles. The number of hydrogen-bond acceptors (Lipinski definition) is 3. The van der Waals surface area contributed by atoms with Crippen molar-refractivity contribution in [3.63, 3.8) is 0 Å². The van der Waals surface area contributed by atoms with Crippen LogP contribution in [-0.2, 0) is 16.1 Å². The van der Waals surface area contributed by atoms with Crippen molar-refractivity contribution in [1.29, 1.82) is 0 Å². The molecule has 0 aliphatic rings. The number of halogens is 2. The lowest BCUT2D eigenvalue weighted by Crippen LogP contribution is -2.40. The zero-order valence-electron chi connectivity index (χ0n) is 15.4. The number of carbonyl (C=O) groups excluding carboxylic acids is 1. The standard InChI is InChI=1S/C19H24F2N2O2Si/c1-25-11-12-5-7-13(8-6-12)18(22)19(24)23-16-9-15(21)17(10-14(16)20)26(2,3)4/h5-10,18H,11,22H2,1-4H3,(H,23,24)/t18-/m1/s1. The highest BCUT2D eigenvalue weighted by Gasteiger charge is 2.24. The number of amides is 1. The van der Waals surface area contributed by atoms with Gasteiger partial charge in [0.25, 0.3) is 0 Å². The van der Waals surface area contributed by atoms with Gasteiger partial charge < -0.3 is 15.8 Å². The van der Waals surface area contributed by atoms with Crippen molar-refractivity contribution in [2.75, 3.05) is 12.4 Å². The molecule has 0 radical (unpaired) electrons. The Balaban J connectivity index is 2.17. The van der Waals surface area contributed by atoms with E-state index in [-0.39, 0.29) is 5.69 Å². The van der Waals surface area contributed by atoms with Gasteiger partial charge in [0.05, 0.1) is 20.4 Å². The summed E-state index contributed by atoms with van der Waals surface area (Å²) in [5.74, 6) is -1.79. The van der Waals surface area contributed by atoms with E-state index in [0.29, 0.717) is 17.4 Å². The Bertz CT molecular complexity index is 789. The molecule has 0 aromatic heterocycles. The Morgan fingerprint density at radius 1 is 1.15 bits per heavy atom. The van der Waals surface area contributed by atoms with Crippen LogP contribution >= 0.6 is 0 Å². The van der Waals surface area contributed by atoms with Crippen LogP contribution in [0, 0.1) is 11.6 Å². The highest BCUT2D eigenvalue weighted by molar-refractivity contribution is 6.88. The summed E-state index contributed by atoms with van der Waals surface area (Å²) in [7, 11) is -0.430. The van der Waals surface area contributed by atoms with Crippen LogP contribution in [0.15, 0.2) is 36.4 Å². The fourth-order valence-corrected chi connectivity index (χ4v) is 3.92. The predicted molar refractivity (Wildman–Crippen MR) is 102 cm³/mol. The summed E-state index contributed by atoms with van der Waals surface area (Å²) < 4.78 is 33.6. The highest BCUT2D eigenvalue weighted by Crippen LogP contribution is 2.20. The van der Waals surface area contributed by atoms with Gasteiger partial charge in [0.1, 0.15) is 17.7 Å². The summed E-state index contributed by atoms with van der Waals surface area (Å²) in [5, 5.41) is 2.76. The molecule has 1 atom stereocenters. The Labute approximate surface area is 153 Å². The van der Waals surface area contributed by atoms with E-state index in [1.54, 1.807) is 31.4 Å². The van der Waals surface area contributed by atoms with Crippen molar-refractivity contribution in [3.05, 3.63) is 59.2 Å². The van der Waals surface area contributed by atoms with Crippen molar-refractivity contribution in [1.82, 2.24) is 0 Å². The summed E-state index contributed by atoms with van der Waals surface area (Å²) in [6.45, 7) is 6.22. The number of hydrogen-bond donors (Lipinski definition) is 2. The van der Waals surface area contributed by atoms with Gasteiger partial charge in [0, 0.05) is 13.2 Å². The number of nitrogens with one attached hydrogen (secondary N) is 1. The largest absolute Gasteiger partial charge is 0.380 e. The van der Waals surface area contributed by atoms with Crippen molar-refractivity contribution in [2.24, 2.45) is 5.73 Å². The van der Waals surface area contributed by atoms with Crippen LogP contribution in [0.25, 0.3) is 0 Å². The minimum Gasteiger partial charge on any atom is -0.380 e. The molecule has 0 aliphatic heterocycles. The van der Waals surface area contributed by atoms with Crippen LogP contribution < -0.4 is 16.2 Å². The van der Waals surface area contributed by atoms with Crippen LogP contribution in [-0.4, -0.2) is 21.1 Å². The van der Waals surface area contributed by atoms with Crippen LogP contribution in [0.3, 0.4) is 0 Å². The number of methoxy groups -OCH3 is 1. The van der Waals surface area contributed by atoms with Gasteiger partial charge in [-0.05, 0) is 22.4 Å². The maximum absolute atomic E-state index is 14.3. The Morgan fingerprint density at radius 3 is 2.31 bits per heavy atom. The normalized spacial score (nSPS) is 12.7. The van der Waals surface area contributed by atoms with E-state index in [4.69, 9.17) is 10.5 Å². The summed E-state index contributed by atoms with van der Waals surface area (Å²) in [6, 6.07) is 8.22. The maximum Gasteiger partial charge on any atom is 0.245 e. The number of ether oxygens (including phenoxy) is 1. The van der Waals surface area contributed by atoms with Crippen LogP contribution in [0.1, 0.15) is 17.2 Å². The second-order valence-corrected chi connectivity index (χ2v) is 12.2. The molecule has 0 aliphatic carbocycles. The average molecular weight is 378 g/mol. The van der Waals surface area contributed by atoms with Crippen molar-refractivity contribution < 1.29 is 18.3 Å². The lowest BCUT2D eigenvalue weighted by atomic mass is 10.0. The molecule has 4 nitrogen and oxygen atoms in total. The van der Waals surface area contributed by atoms with E-state index in [9.17, 15) is 13.6 Å². The second-order valence-electron chi connectivity index (χ2n) is 7.20. The van der Waals surface area contributed by atoms with Crippen molar-refractivity contribution in [2.45, 2.75) is 32.3 Å². The molecular weight excluding hydrogens is 354 g/mol. The van der Waals surface area contributed by atoms with Gasteiger partial charge in [-0.1, -0.05) is 43.9 Å². The van der Waals surface area contributed by atoms with Crippen molar-refractivity contribution in [3.8, 4) is 0 Å². The molecular formula is C19H24F2N2O2Si. The van der Waals surface area contributed by atoms with Crippen molar-refractivity contribution >= 4 is 24.9 Å². The molecule has 0 saturated heterocycles. The first-order valence-corrected chi connectivity index (χ1v) is 11.8. The molecule has 0 fully saturated rings. The van der Waals surface area contributed by atoms with E-state index in [2.05, 4.69) is 5.32 Å². The molecule has 140 valence electrons. The Kier molecular flexibility index (Phi) is 6.28. The first-order chi connectivity index (χ1) is 12.1. The van der Waals surface area contributed by atoms with E-state index in [0.717, 1.165) is 11.6 Å². The second kappa shape index (κ2) is 8.07. The summed E-state index contributed by atoms with van der Waals surface area (Å²) in [6.07, 6.45) is 0. The molecule has 0 heterocycles. The Morgan fingerprint density at radius 2 is 1.77 bits per heavy atom. The van der Waals surface area contributed by atoms with E-state index < -0.39 is 31.7 Å². The molecule has 1 amide bonds. The SMILES string of the molecule is COCc1ccc([C@@H](N)C(=O)Nc2cc(F)c([Si](C)(C)C)cc2F)cc1. The smallest absolute Gasteiger partial charge is 0.245 e. The summed E-state index contributed by atoms with van der Waals surface area (Å²) in [5.41, 5.74) is 7.25. The average Bonchev–Trinajstić information content (AvgIpc) is 2.57. The topological polar surface area (TPSA) is 64.3 Å². The number of nitrogens with two attached hydrogens (primary N) is 1. The highest BCUT2D eigenvalue weighted by atomic mass is 28.3. The zero-order valence-corrected chi connectivity index (χ0v) is 16.4. The minimum atomic E-state index is -2.02. The maximum atomic E-state index is 14.3. The molecule has 0 bridgehead atoms. The molecule has 2 rings (SSSR count). The first kappa shape index (κ1) is 20.2. The van der Waals surface area contributed by atoms with E-state index in [1.165, 1.54) is 6.07 Å². The lowest BCUT2D eigenvalue weighted by molar-refractivity contribution is -0.117. The first-order valence-electron chi connectivity index (χ1n) is 8.27. The zero-order chi connectivity index (χ0) is 19.5. The third-order valence-corrected chi connectivity index (χ3v) is 6.05. The van der Waals surface area contributed by atoms with Gasteiger partial charge in [-0.2, -0.15) is 0 Å². The molecule has 0 unspecified atom stereocenters. The van der Waals surface area contributed by atoms with Crippen LogP contribution in [0.4, 0.5) is 14.5 Å².